The first kappa shape index (κ1) is 9.46. The van der Waals surface area contributed by atoms with E-state index in [0.717, 1.165) is 18.4 Å². The molecule has 3 N–H and O–H groups in total. The van der Waals surface area contributed by atoms with E-state index in [1.165, 1.54) is 6.07 Å². The first-order chi connectivity index (χ1) is 6.67. The average Bonchev–Trinajstić information content (AvgIpc) is 2.18. The summed E-state index contributed by atoms with van der Waals surface area (Å²) in [5.74, 6) is 0.0372. The molecule has 0 spiro atoms. The Bertz CT molecular complexity index is 353. The van der Waals surface area contributed by atoms with Crippen molar-refractivity contribution in [3.05, 3.63) is 29.3 Å². The molecule has 76 valence electrons. The van der Waals surface area contributed by atoms with Gasteiger partial charge >= 0.3 is 0 Å². The monoisotopic (exact) mass is 195 g/mol. The van der Waals surface area contributed by atoms with Gasteiger partial charge in [0.15, 0.2) is 5.67 Å². The highest BCUT2D eigenvalue weighted by molar-refractivity contribution is 5.45. The van der Waals surface area contributed by atoms with Crippen LogP contribution in [-0.2, 0) is 12.1 Å². The topological polar surface area (TPSA) is 46.2 Å². The molecule has 0 heterocycles. The third kappa shape index (κ3) is 1.28. The number of phenolic OH excluding ortho intramolecular Hbond substituents is 1. The summed E-state index contributed by atoms with van der Waals surface area (Å²) in [4.78, 5) is 0. The third-order valence-corrected chi connectivity index (χ3v) is 2.92. The molecule has 2 nitrogen and oxygen atoms in total. The van der Waals surface area contributed by atoms with Gasteiger partial charge in [-0.15, -0.1) is 0 Å². The van der Waals surface area contributed by atoms with Crippen LogP contribution in [0.4, 0.5) is 4.39 Å². The van der Waals surface area contributed by atoms with E-state index < -0.39 is 5.67 Å². The molecule has 1 aromatic rings. The number of phenols is 1. The first-order valence-electron chi connectivity index (χ1n) is 4.88. The predicted molar refractivity (Wildman–Crippen MR) is 52.9 cm³/mol. The third-order valence-electron chi connectivity index (χ3n) is 2.92. The summed E-state index contributed by atoms with van der Waals surface area (Å²) in [5, 5.41) is 9.63. The molecule has 0 bridgehead atoms. The number of hydrogen-bond acceptors (Lipinski definition) is 2. The van der Waals surface area contributed by atoms with E-state index in [1.807, 2.05) is 6.07 Å². The zero-order valence-electron chi connectivity index (χ0n) is 7.96. The van der Waals surface area contributed by atoms with Crippen LogP contribution in [0.2, 0.25) is 0 Å². The number of aromatic hydroxyl groups is 1. The van der Waals surface area contributed by atoms with Crippen molar-refractivity contribution < 1.29 is 9.50 Å². The summed E-state index contributed by atoms with van der Waals surface area (Å²) >= 11 is 0. The summed E-state index contributed by atoms with van der Waals surface area (Å²) in [6.45, 7) is -0.0580. The highest BCUT2D eigenvalue weighted by Gasteiger charge is 2.37. The number of halogens is 1. The Morgan fingerprint density at radius 3 is 3.00 bits per heavy atom. The van der Waals surface area contributed by atoms with Crippen molar-refractivity contribution in [3.8, 4) is 5.75 Å². The maximum absolute atomic E-state index is 14.3. The van der Waals surface area contributed by atoms with Crippen LogP contribution in [0.1, 0.15) is 24.0 Å². The van der Waals surface area contributed by atoms with Gasteiger partial charge in [0, 0.05) is 12.1 Å². The summed E-state index contributed by atoms with van der Waals surface area (Å²) < 4.78 is 14.3. The lowest BCUT2D eigenvalue weighted by atomic mass is 9.80. The van der Waals surface area contributed by atoms with E-state index in [1.54, 1.807) is 6.07 Å². The van der Waals surface area contributed by atoms with Gasteiger partial charge in [-0.2, -0.15) is 0 Å². The summed E-state index contributed by atoms with van der Waals surface area (Å²) in [6, 6.07) is 5.13. The van der Waals surface area contributed by atoms with Gasteiger partial charge in [-0.3, -0.25) is 0 Å². The van der Waals surface area contributed by atoms with Crippen molar-refractivity contribution in [2.24, 2.45) is 5.73 Å². The smallest absolute Gasteiger partial charge is 0.151 e. The van der Waals surface area contributed by atoms with Gasteiger partial charge in [0.25, 0.3) is 0 Å². The Kier molecular flexibility index (Phi) is 2.19. The van der Waals surface area contributed by atoms with E-state index >= 15 is 0 Å². The largest absolute Gasteiger partial charge is 0.508 e. The van der Waals surface area contributed by atoms with Gasteiger partial charge in [-0.25, -0.2) is 4.39 Å². The van der Waals surface area contributed by atoms with Crippen LogP contribution in [0.3, 0.4) is 0 Å². The van der Waals surface area contributed by atoms with Crippen LogP contribution in [0.5, 0.6) is 5.75 Å². The minimum atomic E-state index is -1.53. The van der Waals surface area contributed by atoms with E-state index in [2.05, 4.69) is 0 Å². The summed E-state index contributed by atoms with van der Waals surface area (Å²) in [7, 11) is 0. The van der Waals surface area contributed by atoms with Gasteiger partial charge in [0.2, 0.25) is 0 Å². The predicted octanol–water partition coefficient (Wildman–Crippen LogP) is 1.85. The number of rotatable bonds is 1. The Labute approximate surface area is 82.5 Å². The lowest BCUT2D eigenvalue weighted by molar-refractivity contribution is 0.142. The fourth-order valence-electron chi connectivity index (χ4n) is 2.20. The molecular weight excluding hydrogens is 181 g/mol. The van der Waals surface area contributed by atoms with E-state index in [0.29, 0.717) is 12.0 Å². The fourth-order valence-corrected chi connectivity index (χ4v) is 2.20. The molecule has 0 aromatic heterocycles. The van der Waals surface area contributed by atoms with Gasteiger partial charge < -0.3 is 10.8 Å². The lowest BCUT2D eigenvalue weighted by Gasteiger charge is -2.31. The number of nitrogens with two attached hydrogens (primary N) is 1. The maximum Gasteiger partial charge on any atom is 0.151 e. The van der Waals surface area contributed by atoms with Gasteiger partial charge in [-0.1, -0.05) is 12.1 Å². The second kappa shape index (κ2) is 3.24. The van der Waals surface area contributed by atoms with Crippen LogP contribution < -0.4 is 5.73 Å². The molecule has 3 heteroatoms. The molecule has 2 rings (SSSR count). The molecule has 0 amide bonds. The molecular formula is C11H14FNO. The molecule has 0 radical (unpaired) electrons. The average molecular weight is 195 g/mol. The second-order valence-corrected chi connectivity index (χ2v) is 3.83. The van der Waals surface area contributed by atoms with Gasteiger partial charge in [0.1, 0.15) is 5.75 Å². The second-order valence-electron chi connectivity index (χ2n) is 3.83. The highest BCUT2D eigenvalue weighted by Crippen LogP contribution is 2.42. The Balaban J connectivity index is 2.58. The quantitative estimate of drug-likeness (QED) is 0.718. The van der Waals surface area contributed by atoms with Crippen molar-refractivity contribution in [2.45, 2.75) is 24.9 Å². The van der Waals surface area contributed by atoms with Crippen molar-refractivity contribution in [3.63, 3.8) is 0 Å². The van der Waals surface area contributed by atoms with Crippen LogP contribution >= 0.6 is 0 Å². The highest BCUT2D eigenvalue weighted by atomic mass is 19.1. The molecule has 0 saturated heterocycles. The Hall–Kier alpha value is -1.09. The fraction of sp³-hybridized carbons (Fsp3) is 0.455. The summed E-state index contributed by atoms with van der Waals surface area (Å²) in [5.41, 5.74) is 5.21. The van der Waals surface area contributed by atoms with E-state index in [4.69, 9.17) is 5.73 Å². The standard InChI is InChI=1S/C11H14FNO/c12-11(7-13)6-2-4-8-3-1-5-9(14)10(8)11/h1,3,5,14H,2,4,6-7,13H2. The SMILES string of the molecule is NCC1(F)CCCc2cccc(O)c21. The normalized spacial score (nSPS) is 25.9. The molecule has 1 aromatic carbocycles. The van der Waals surface area contributed by atoms with E-state index in [-0.39, 0.29) is 12.3 Å². The summed E-state index contributed by atoms with van der Waals surface area (Å²) in [6.07, 6.45) is 2.04. The van der Waals surface area contributed by atoms with Crippen molar-refractivity contribution in [1.82, 2.24) is 0 Å². The van der Waals surface area contributed by atoms with Crippen LogP contribution in [0, 0.1) is 0 Å². The van der Waals surface area contributed by atoms with Crippen molar-refractivity contribution >= 4 is 0 Å². The molecule has 0 aliphatic heterocycles. The zero-order valence-corrected chi connectivity index (χ0v) is 7.96. The van der Waals surface area contributed by atoms with Gasteiger partial charge in [0.05, 0.1) is 0 Å². The minimum absolute atomic E-state index is 0.0372. The molecule has 1 aliphatic carbocycles. The number of benzene rings is 1. The van der Waals surface area contributed by atoms with Crippen LogP contribution in [0.25, 0.3) is 0 Å². The van der Waals surface area contributed by atoms with Crippen molar-refractivity contribution in [1.29, 1.82) is 0 Å². The number of hydrogen-bond donors (Lipinski definition) is 2. The molecule has 1 aliphatic rings. The molecule has 0 fully saturated rings. The zero-order chi connectivity index (χ0) is 10.2. The number of alkyl halides is 1. The number of fused-ring (bicyclic) bond motifs is 1. The maximum atomic E-state index is 14.3. The van der Waals surface area contributed by atoms with Gasteiger partial charge in [-0.05, 0) is 30.9 Å². The van der Waals surface area contributed by atoms with Crippen molar-refractivity contribution in [2.75, 3.05) is 6.54 Å². The molecule has 14 heavy (non-hydrogen) atoms. The van der Waals surface area contributed by atoms with Crippen LogP contribution in [-0.4, -0.2) is 11.7 Å². The van der Waals surface area contributed by atoms with E-state index in [9.17, 15) is 9.50 Å². The Morgan fingerprint density at radius 2 is 2.29 bits per heavy atom. The number of aryl methyl sites for hydroxylation is 1. The Morgan fingerprint density at radius 1 is 1.50 bits per heavy atom. The molecule has 1 atom stereocenters. The minimum Gasteiger partial charge on any atom is -0.508 e. The first-order valence-corrected chi connectivity index (χ1v) is 4.88. The molecule has 0 saturated carbocycles. The van der Waals surface area contributed by atoms with Crippen LogP contribution in [0.15, 0.2) is 18.2 Å². The molecule has 1 unspecified atom stereocenters. The lowest BCUT2D eigenvalue weighted by Crippen LogP contribution is -2.34.